The molecule has 0 saturated carbocycles. The molecule has 1 aromatic rings. The summed E-state index contributed by atoms with van der Waals surface area (Å²) in [5.74, 6) is 0.296. The van der Waals surface area contributed by atoms with Crippen molar-refractivity contribution < 1.29 is 13.2 Å². The van der Waals surface area contributed by atoms with Gasteiger partial charge in [-0.3, -0.25) is 4.79 Å². The summed E-state index contributed by atoms with van der Waals surface area (Å²) >= 11 is 4.28. The van der Waals surface area contributed by atoms with Crippen molar-refractivity contribution >= 4 is 50.6 Å². The Bertz CT molecular complexity index is 557. The van der Waals surface area contributed by atoms with Gasteiger partial charge in [0.05, 0.1) is 17.3 Å². The third kappa shape index (κ3) is 4.62. The van der Waals surface area contributed by atoms with E-state index in [2.05, 4.69) is 15.5 Å². The molecule has 0 aliphatic carbocycles. The molecule has 1 fully saturated rings. The molecule has 19 heavy (non-hydrogen) atoms. The zero-order chi connectivity index (χ0) is 13.9. The third-order valence-corrected chi connectivity index (χ3v) is 7.29. The molecule has 1 aromatic heterocycles. The van der Waals surface area contributed by atoms with Crippen molar-refractivity contribution in [2.75, 3.05) is 23.5 Å². The maximum absolute atomic E-state index is 11.7. The minimum Gasteiger partial charge on any atom is -0.352 e. The van der Waals surface area contributed by atoms with Gasteiger partial charge in [-0.15, -0.1) is 10.2 Å². The predicted molar refractivity (Wildman–Crippen MR) is 77.6 cm³/mol. The van der Waals surface area contributed by atoms with Crippen molar-refractivity contribution in [2.24, 2.45) is 0 Å². The minimum absolute atomic E-state index is 0.0544. The van der Waals surface area contributed by atoms with Gasteiger partial charge in [0.1, 0.15) is 0 Å². The van der Waals surface area contributed by atoms with Gasteiger partial charge in [-0.25, -0.2) is 8.42 Å². The van der Waals surface area contributed by atoms with Crippen LogP contribution in [0.2, 0.25) is 0 Å². The molecule has 1 atom stereocenters. The summed E-state index contributed by atoms with van der Waals surface area (Å²) in [6.07, 6.45) is 2.43. The van der Waals surface area contributed by atoms with Crippen LogP contribution in [0, 0.1) is 0 Å². The Labute approximate surface area is 124 Å². The number of rotatable bonds is 5. The van der Waals surface area contributed by atoms with Gasteiger partial charge < -0.3 is 5.32 Å². The molecule has 0 bridgehead atoms. The summed E-state index contributed by atoms with van der Waals surface area (Å²) in [4.78, 5) is 11.7. The van der Waals surface area contributed by atoms with Crippen molar-refractivity contribution in [2.45, 2.75) is 21.1 Å². The monoisotopic (exact) mass is 339 g/mol. The van der Waals surface area contributed by atoms with Gasteiger partial charge in [-0.05, 0) is 12.7 Å². The number of hydrogen-bond acceptors (Lipinski definition) is 8. The van der Waals surface area contributed by atoms with E-state index in [0.29, 0.717) is 6.42 Å². The first-order valence-corrected chi connectivity index (χ1v) is 10.3. The molecule has 6 nitrogen and oxygen atoms in total. The normalized spacial score (nSPS) is 21.4. The summed E-state index contributed by atoms with van der Waals surface area (Å²) < 4.78 is 24.1. The first-order valence-electron chi connectivity index (χ1n) is 5.48. The van der Waals surface area contributed by atoms with E-state index >= 15 is 0 Å². The fourth-order valence-corrected chi connectivity index (χ4v) is 5.57. The number of carbonyl (C=O) groups excluding carboxylic acids is 1. The summed E-state index contributed by atoms with van der Waals surface area (Å²) in [5.41, 5.74) is 0. The number of nitrogens with one attached hydrogen (secondary N) is 1. The van der Waals surface area contributed by atoms with Gasteiger partial charge in [0, 0.05) is 6.04 Å². The van der Waals surface area contributed by atoms with Crippen LogP contribution in [-0.2, 0) is 14.6 Å². The van der Waals surface area contributed by atoms with Gasteiger partial charge in [0.2, 0.25) is 5.91 Å². The van der Waals surface area contributed by atoms with Gasteiger partial charge in [-0.1, -0.05) is 34.9 Å². The smallest absolute Gasteiger partial charge is 0.230 e. The lowest BCUT2D eigenvalue weighted by atomic mass is 10.3. The predicted octanol–water partition coefficient (Wildman–Crippen LogP) is 0.655. The van der Waals surface area contributed by atoms with Gasteiger partial charge in [0.15, 0.2) is 18.5 Å². The van der Waals surface area contributed by atoms with Crippen LogP contribution in [0.5, 0.6) is 0 Å². The quantitative estimate of drug-likeness (QED) is 0.788. The van der Waals surface area contributed by atoms with E-state index < -0.39 is 9.84 Å². The number of hydrogen-bond donors (Lipinski definition) is 1. The lowest BCUT2D eigenvalue weighted by Crippen LogP contribution is -2.36. The molecule has 10 heteroatoms. The standard InChI is InChI=1S/C9H13N3O3S4/c1-16-8-11-12-9(18-8)17-4-7(13)10-6-2-3-19(14,15)5-6/h6H,2-5H2,1H3,(H,10,13)/t6-/m0/s1. The van der Waals surface area contributed by atoms with E-state index in [4.69, 9.17) is 0 Å². The van der Waals surface area contributed by atoms with Crippen molar-refractivity contribution in [1.82, 2.24) is 15.5 Å². The lowest BCUT2D eigenvalue weighted by molar-refractivity contribution is -0.119. The van der Waals surface area contributed by atoms with Crippen molar-refractivity contribution in [3.8, 4) is 0 Å². The molecular formula is C9H13N3O3S4. The number of nitrogens with zero attached hydrogens (tertiary/aromatic N) is 2. The summed E-state index contributed by atoms with van der Waals surface area (Å²) in [5, 5.41) is 10.6. The van der Waals surface area contributed by atoms with E-state index in [1.165, 1.54) is 34.9 Å². The number of sulfone groups is 1. The summed E-state index contributed by atoms with van der Waals surface area (Å²) in [7, 11) is -2.95. The average molecular weight is 339 g/mol. The molecule has 0 unspecified atom stereocenters. The van der Waals surface area contributed by atoms with E-state index in [0.717, 1.165) is 8.68 Å². The van der Waals surface area contributed by atoms with Crippen LogP contribution in [0.25, 0.3) is 0 Å². The van der Waals surface area contributed by atoms with Crippen LogP contribution in [0.1, 0.15) is 6.42 Å². The second-order valence-corrected chi connectivity index (χ2v) is 9.48. The van der Waals surface area contributed by atoms with E-state index in [1.54, 1.807) is 0 Å². The second-order valence-electron chi connectivity index (χ2n) is 3.99. The minimum atomic E-state index is -2.95. The van der Waals surface area contributed by atoms with Crippen LogP contribution in [0.15, 0.2) is 8.68 Å². The van der Waals surface area contributed by atoms with Gasteiger partial charge in [0.25, 0.3) is 0 Å². The highest BCUT2D eigenvalue weighted by Crippen LogP contribution is 2.27. The molecule has 0 aromatic carbocycles. The molecule has 1 amide bonds. The highest BCUT2D eigenvalue weighted by Gasteiger charge is 2.28. The maximum atomic E-state index is 11.7. The fourth-order valence-electron chi connectivity index (χ4n) is 1.64. The van der Waals surface area contributed by atoms with Crippen LogP contribution in [-0.4, -0.2) is 54.1 Å². The molecule has 1 saturated heterocycles. The number of thioether (sulfide) groups is 2. The zero-order valence-corrected chi connectivity index (χ0v) is 13.4. The molecule has 2 rings (SSSR count). The zero-order valence-electron chi connectivity index (χ0n) is 10.2. The molecule has 106 valence electrons. The highest BCUT2D eigenvalue weighted by molar-refractivity contribution is 8.03. The van der Waals surface area contributed by atoms with Crippen LogP contribution in [0.3, 0.4) is 0 Å². The topological polar surface area (TPSA) is 89.0 Å². The van der Waals surface area contributed by atoms with E-state index in [9.17, 15) is 13.2 Å². The second kappa shape index (κ2) is 6.42. The number of aromatic nitrogens is 2. The summed E-state index contributed by atoms with van der Waals surface area (Å²) in [6.45, 7) is 0. The molecule has 2 heterocycles. The molecule has 0 spiro atoms. The Morgan fingerprint density at radius 1 is 1.47 bits per heavy atom. The van der Waals surface area contributed by atoms with Gasteiger partial charge >= 0.3 is 0 Å². The third-order valence-electron chi connectivity index (χ3n) is 2.49. The van der Waals surface area contributed by atoms with Crippen LogP contribution >= 0.6 is 34.9 Å². The SMILES string of the molecule is CSc1nnc(SCC(=O)N[C@H]2CCS(=O)(=O)C2)s1. The number of carbonyl (C=O) groups is 1. The maximum Gasteiger partial charge on any atom is 0.230 e. The first kappa shape index (κ1) is 15.1. The Hall–Kier alpha value is -0.320. The highest BCUT2D eigenvalue weighted by atomic mass is 32.2. The van der Waals surface area contributed by atoms with Crippen LogP contribution < -0.4 is 5.32 Å². The van der Waals surface area contributed by atoms with Gasteiger partial charge in [-0.2, -0.15) is 0 Å². The molecule has 0 radical (unpaired) electrons. The lowest BCUT2D eigenvalue weighted by Gasteiger charge is -2.09. The Kier molecular flexibility index (Phi) is 5.09. The Morgan fingerprint density at radius 3 is 2.79 bits per heavy atom. The first-order chi connectivity index (χ1) is 8.98. The van der Waals surface area contributed by atoms with Crippen molar-refractivity contribution in [1.29, 1.82) is 0 Å². The molecule has 1 aliphatic rings. The fraction of sp³-hybridized carbons (Fsp3) is 0.667. The van der Waals surface area contributed by atoms with E-state index in [1.807, 2.05) is 6.26 Å². The Balaban J connectivity index is 1.76. The molecule has 1 aliphatic heterocycles. The summed E-state index contributed by atoms with van der Waals surface area (Å²) in [6, 6.07) is -0.241. The van der Waals surface area contributed by atoms with Crippen molar-refractivity contribution in [3.63, 3.8) is 0 Å². The van der Waals surface area contributed by atoms with E-state index in [-0.39, 0.29) is 29.2 Å². The largest absolute Gasteiger partial charge is 0.352 e. The van der Waals surface area contributed by atoms with Crippen LogP contribution in [0.4, 0.5) is 0 Å². The van der Waals surface area contributed by atoms with Crippen molar-refractivity contribution in [3.05, 3.63) is 0 Å². The Morgan fingerprint density at radius 2 is 2.21 bits per heavy atom. The molecule has 1 N–H and O–H groups in total. The average Bonchev–Trinajstić information content (AvgIpc) is 2.93. The molecular weight excluding hydrogens is 326 g/mol. The number of amides is 1.